The van der Waals surface area contributed by atoms with Crippen molar-refractivity contribution < 1.29 is 23.9 Å². The van der Waals surface area contributed by atoms with Crippen LogP contribution < -0.4 is 5.73 Å². The van der Waals surface area contributed by atoms with Crippen LogP contribution in [0.4, 0.5) is 4.39 Å². The van der Waals surface area contributed by atoms with Crippen molar-refractivity contribution >= 4 is 29.3 Å². The lowest BCUT2D eigenvalue weighted by Crippen LogP contribution is -2.44. The van der Waals surface area contributed by atoms with Crippen molar-refractivity contribution in [3.05, 3.63) is 135 Å². The molecule has 0 radical (unpaired) electrons. The summed E-state index contributed by atoms with van der Waals surface area (Å²) in [5, 5.41) is 17.1. The van der Waals surface area contributed by atoms with Gasteiger partial charge < -0.3 is 15.7 Å². The second kappa shape index (κ2) is 12.4. The Morgan fingerprint density at radius 2 is 1.67 bits per heavy atom. The Balaban J connectivity index is 1.38. The lowest BCUT2D eigenvalue weighted by atomic mass is 9.83. The Bertz CT molecular complexity index is 1920. The Hall–Kier alpha value is -5.19. The summed E-state index contributed by atoms with van der Waals surface area (Å²) < 4.78 is 15.8. The normalized spacial score (nSPS) is 14.2. The molecule has 0 fully saturated rings. The number of hydrogen-bond donors (Lipinski definition) is 2. The third-order valence-electron chi connectivity index (χ3n) is 7.96. The van der Waals surface area contributed by atoms with E-state index in [-0.39, 0.29) is 40.7 Å². The lowest BCUT2D eigenvalue weighted by molar-refractivity contribution is -0.123. The molecule has 0 bridgehead atoms. The number of carbonyl (C=O) groups is 3. The number of benzene rings is 4. The van der Waals surface area contributed by atoms with Crippen molar-refractivity contribution in [2.24, 2.45) is 5.73 Å². The van der Waals surface area contributed by atoms with E-state index in [1.165, 1.54) is 35.4 Å². The number of fused-ring (bicyclic) bond motifs is 1. The van der Waals surface area contributed by atoms with Gasteiger partial charge in [0, 0.05) is 19.5 Å². The summed E-state index contributed by atoms with van der Waals surface area (Å²) >= 11 is 5.94. The summed E-state index contributed by atoms with van der Waals surface area (Å²) in [6.07, 6.45) is 1.75. The number of aromatic nitrogens is 3. The highest BCUT2D eigenvalue weighted by Gasteiger charge is 2.38. The molecule has 6 rings (SSSR count). The minimum Gasteiger partial charge on any atom is -0.478 e. The van der Waals surface area contributed by atoms with Crippen molar-refractivity contribution in [2.75, 3.05) is 6.54 Å². The summed E-state index contributed by atoms with van der Waals surface area (Å²) in [5.74, 6) is -2.56. The van der Waals surface area contributed by atoms with Gasteiger partial charge in [-0.1, -0.05) is 77.5 Å². The molecule has 226 valence electrons. The van der Waals surface area contributed by atoms with Crippen LogP contribution in [0.2, 0.25) is 5.02 Å². The van der Waals surface area contributed by atoms with Crippen LogP contribution in [-0.2, 0) is 24.2 Å². The van der Waals surface area contributed by atoms with Gasteiger partial charge in [0.15, 0.2) is 17.3 Å². The van der Waals surface area contributed by atoms with Crippen LogP contribution in [-0.4, -0.2) is 49.2 Å². The fraction of sp³-hybridized carbons (Fsp3) is 0.147. The summed E-state index contributed by atoms with van der Waals surface area (Å²) in [4.78, 5) is 40.9. The number of carboxylic acids is 1. The third-order valence-corrected chi connectivity index (χ3v) is 8.25. The van der Waals surface area contributed by atoms with E-state index >= 15 is 0 Å². The van der Waals surface area contributed by atoms with E-state index in [1.807, 2.05) is 42.5 Å². The predicted octanol–water partition coefficient (Wildman–Crippen LogP) is 5.44. The van der Waals surface area contributed by atoms with Crippen molar-refractivity contribution in [1.29, 1.82) is 0 Å². The molecule has 9 nitrogen and oxygen atoms in total. The third kappa shape index (κ3) is 5.85. The fourth-order valence-corrected chi connectivity index (χ4v) is 5.85. The number of hydrogen-bond acceptors (Lipinski definition) is 6. The molecule has 2 heterocycles. The zero-order valence-electron chi connectivity index (χ0n) is 23.9. The second-order valence-electron chi connectivity index (χ2n) is 10.7. The first-order chi connectivity index (χ1) is 21.7. The maximum Gasteiger partial charge on any atom is 0.335 e. The molecule has 45 heavy (non-hydrogen) atoms. The maximum atomic E-state index is 14.7. The number of ketones is 1. The van der Waals surface area contributed by atoms with Crippen LogP contribution in [0.5, 0.6) is 0 Å². The molecule has 5 aromatic rings. The molecule has 1 amide bonds. The van der Waals surface area contributed by atoms with Crippen molar-refractivity contribution in [1.82, 2.24) is 19.9 Å². The molecule has 0 saturated heterocycles. The van der Waals surface area contributed by atoms with Gasteiger partial charge in [-0.3, -0.25) is 9.59 Å². The van der Waals surface area contributed by atoms with E-state index in [4.69, 9.17) is 17.3 Å². The van der Waals surface area contributed by atoms with Crippen molar-refractivity contribution in [3.63, 3.8) is 0 Å². The Labute approximate surface area is 262 Å². The van der Waals surface area contributed by atoms with E-state index < -0.39 is 23.7 Å². The van der Waals surface area contributed by atoms with Gasteiger partial charge in [-0.05, 0) is 64.1 Å². The van der Waals surface area contributed by atoms with Crippen LogP contribution in [0, 0.1) is 5.82 Å². The van der Waals surface area contributed by atoms with Gasteiger partial charge in [-0.25, -0.2) is 13.9 Å². The zero-order valence-corrected chi connectivity index (χ0v) is 24.6. The molecule has 1 unspecified atom stereocenters. The molecule has 0 spiro atoms. The number of nitrogens with two attached hydrogens (primary N) is 1. The number of rotatable bonds is 8. The predicted molar refractivity (Wildman–Crippen MR) is 166 cm³/mol. The van der Waals surface area contributed by atoms with Crippen molar-refractivity contribution in [3.8, 4) is 16.8 Å². The van der Waals surface area contributed by atoms with Crippen LogP contribution in [0.25, 0.3) is 16.8 Å². The molecule has 0 aliphatic carbocycles. The summed E-state index contributed by atoms with van der Waals surface area (Å²) in [5.41, 5.74) is 11.0. The quantitative estimate of drug-likeness (QED) is 0.235. The van der Waals surface area contributed by atoms with Gasteiger partial charge in [-0.15, -0.1) is 5.10 Å². The Morgan fingerprint density at radius 1 is 0.956 bits per heavy atom. The van der Waals surface area contributed by atoms with Gasteiger partial charge >= 0.3 is 5.97 Å². The van der Waals surface area contributed by atoms with Crippen LogP contribution in [0.1, 0.15) is 49.1 Å². The molecule has 1 atom stereocenters. The fourth-order valence-electron chi connectivity index (χ4n) is 5.69. The number of nitrogens with zero attached hydrogens (tertiary/aromatic N) is 4. The number of halogens is 2. The summed E-state index contributed by atoms with van der Waals surface area (Å²) in [6.45, 7) is 0.638. The molecule has 3 N–H and O–H groups in total. The molecule has 4 aromatic carbocycles. The van der Waals surface area contributed by atoms with Crippen LogP contribution in [0.3, 0.4) is 0 Å². The van der Waals surface area contributed by atoms with Crippen molar-refractivity contribution in [2.45, 2.75) is 25.4 Å². The second-order valence-corrected chi connectivity index (χ2v) is 11.1. The van der Waals surface area contributed by atoms with Crippen LogP contribution in [0.15, 0.2) is 91.1 Å². The highest BCUT2D eigenvalue weighted by atomic mass is 35.5. The molecule has 0 saturated carbocycles. The number of Topliss-reactive ketones (excluding diaryl/α,β-unsaturated/α-hetero) is 1. The average Bonchev–Trinajstić information content (AvgIpc) is 3.55. The molecule has 11 heteroatoms. The number of amides is 1. The first kappa shape index (κ1) is 29.9. The first-order valence-electron chi connectivity index (χ1n) is 14.2. The molecular formula is C34H27ClFN5O4. The van der Waals surface area contributed by atoms with Gasteiger partial charge in [0.2, 0.25) is 0 Å². The minimum atomic E-state index is -1.07. The lowest BCUT2D eigenvalue weighted by Gasteiger charge is -2.37. The monoisotopic (exact) mass is 623 g/mol. The highest BCUT2D eigenvalue weighted by molar-refractivity contribution is 6.30. The molecule has 1 aliphatic rings. The summed E-state index contributed by atoms with van der Waals surface area (Å²) in [7, 11) is 0. The van der Waals surface area contributed by atoms with Gasteiger partial charge in [0.1, 0.15) is 11.7 Å². The van der Waals surface area contributed by atoms with E-state index in [2.05, 4.69) is 10.3 Å². The molecular weight excluding hydrogens is 597 g/mol. The number of carbonyl (C=O) groups excluding carboxylic acids is 2. The van der Waals surface area contributed by atoms with E-state index in [0.29, 0.717) is 24.1 Å². The highest BCUT2D eigenvalue weighted by Crippen LogP contribution is 2.38. The largest absolute Gasteiger partial charge is 0.478 e. The standard InChI is InChI=1S/C34H27ClFN5O4/c35-27-5-2-6-29(31(27)36)41-19-28(38-39-41)33(43)40-16-15-25-24(22-11-9-21(18-37)10-12-22)3-1-4-26(25)32(40)30(42)17-20-7-13-23(14-8-20)34(44)45/h1-14,19,32H,15-18,37H2,(H,44,45). The van der Waals surface area contributed by atoms with E-state index in [1.54, 1.807) is 18.2 Å². The number of carboxylic acid groups (broad SMARTS) is 1. The van der Waals surface area contributed by atoms with Gasteiger partial charge in [0.25, 0.3) is 5.91 Å². The maximum absolute atomic E-state index is 14.7. The first-order valence-corrected chi connectivity index (χ1v) is 14.6. The van der Waals surface area contributed by atoms with Gasteiger partial charge in [0.05, 0.1) is 16.8 Å². The average molecular weight is 624 g/mol. The number of aromatic carboxylic acids is 1. The van der Waals surface area contributed by atoms with Gasteiger partial charge in [-0.2, -0.15) is 0 Å². The summed E-state index contributed by atoms with van der Waals surface area (Å²) in [6, 6.07) is 23.1. The van der Waals surface area contributed by atoms with E-state index in [0.717, 1.165) is 26.9 Å². The Morgan fingerprint density at radius 3 is 2.38 bits per heavy atom. The minimum absolute atomic E-state index is 0.0285. The van der Waals surface area contributed by atoms with Crippen LogP contribution >= 0.6 is 11.6 Å². The topological polar surface area (TPSA) is 131 Å². The smallest absolute Gasteiger partial charge is 0.335 e. The Kier molecular flexibility index (Phi) is 8.25. The zero-order chi connectivity index (χ0) is 31.7. The van der Waals surface area contributed by atoms with E-state index in [9.17, 15) is 23.9 Å². The molecule has 1 aromatic heterocycles. The SMILES string of the molecule is NCc1ccc(-c2cccc3c2CCN(C(=O)c2cn(-c4cccc(Cl)c4F)nn2)C3C(=O)Cc2ccc(C(=O)O)cc2)cc1. The molecule has 1 aliphatic heterocycles.